The molecule has 0 spiro atoms. The maximum atomic E-state index is 11.3. The first-order chi connectivity index (χ1) is 7.17. The number of esters is 1. The van der Waals surface area contributed by atoms with Gasteiger partial charge < -0.3 is 10.1 Å². The predicted octanol–water partition coefficient (Wildman–Crippen LogP) is 1.74. The van der Waals surface area contributed by atoms with E-state index in [9.17, 15) is 4.79 Å². The highest BCUT2D eigenvalue weighted by atomic mass is 16.5. The molecule has 0 aliphatic carbocycles. The van der Waals surface area contributed by atoms with E-state index in [1.807, 2.05) is 6.07 Å². The number of nitrogens with one attached hydrogen (secondary N) is 1. The first-order valence-corrected chi connectivity index (χ1v) is 5.19. The minimum Gasteiger partial charge on any atom is -0.462 e. The summed E-state index contributed by atoms with van der Waals surface area (Å²) in [5.74, 6) is -0.554. The number of carbonyl (C=O) groups is 1. The molecule has 0 radical (unpaired) electrons. The van der Waals surface area contributed by atoms with Crippen molar-refractivity contribution in [2.45, 2.75) is 33.6 Å². The zero-order valence-electron chi connectivity index (χ0n) is 9.59. The number of hydrogen-bond acceptors (Lipinski definition) is 4. The van der Waals surface area contributed by atoms with Gasteiger partial charge in [0.15, 0.2) is 5.57 Å². The summed E-state index contributed by atoms with van der Waals surface area (Å²) in [7, 11) is 0. The molecular weight excluding hydrogens is 192 g/mol. The van der Waals surface area contributed by atoms with Crippen LogP contribution in [0.25, 0.3) is 0 Å². The van der Waals surface area contributed by atoms with Crippen LogP contribution >= 0.6 is 0 Å². The fraction of sp³-hybridized carbons (Fsp3) is 0.636. The third-order valence-corrected chi connectivity index (χ3v) is 1.89. The van der Waals surface area contributed by atoms with Crippen molar-refractivity contribution in [2.24, 2.45) is 0 Å². The van der Waals surface area contributed by atoms with E-state index >= 15 is 0 Å². The molecule has 0 fully saturated rings. The summed E-state index contributed by atoms with van der Waals surface area (Å²) in [6, 6.07) is 1.86. The average molecular weight is 210 g/mol. The van der Waals surface area contributed by atoms with Crippen LogP contribution < -0.4 is 5.32 Å². The third kappa shape index (κ3) is 5.06. The number of unbranched alkanes of at least 4 members (excludes halogenated alkanes) is 1. The predicted molar refractivity (Wildman–Crippen MR) is 57.9 cm³/mol. The Morgan fingerprint density at radius 2 is 2.13 bits per heavy atom. The maximum absolute atomic E-state index is 11.3. The summed E-state index contributed by atoms with van der Waals surface area (Å²) in [6.45, 7) is 6.56. The summed E-state index contributed by atoms with van der Waals surface area (Å²) in [5.41, 5.74) is 0.650. The maximum Gasteiger partial charge on any atom is 0.350 e. The quantitative estimate of drug-likeness (QED) is 0.314. The average Bonchev–Trinajstić information content (AvgIpc) is 2.19. The van der Waals surface area contributed by atoms with Gasteiger partial charge in [-0.15, -0.1) is 0 Å². The molecule has 15 heavy (non-hydrogen) atoms. The smallest absolute Gasteiger partial charge is 0.350 e. The van der Waals surface area contributed by atoms with Crippen molar-refractivity contribution >= 4 is 5.97 Å². The number of allylic oxidation sites excluding steroid dienone is 1. The Balaban J connectivity index is 4.40. The Hall–Kier alpha value is -1.50. The second-order valence-electron chi connectivity index (χ2n) is 3.11. The SMILES string of the molecule is CCCCNC(C)=C(C#N)C(=O)OCC. The highest BCUT2D eigenvalue weighted by molar-refractivity contribution is 5.93. The summed E-state index contributed by atoms with van der Waals surface area (Å²) in [5, 5.41) is 11.8. The van der Waals surface area contributed by atoms with Crippen molar-refractivity contribution in [3.63, 3.8) is 0 Å². The van der Waals surface area contributed by atoms with E-state index in [-0.39, 0.29) is 12.2 Å². The molecular formula is C11H18N2O2. The lowest BCUT2D eigenvalue weighted by atomic mass is 10.2. The van der Waals surface area contributed by atoms with Gasteiger partial charge in [-0.2, -0.15) is 5.26 Å². The van der Waals surface area contributed by atoms with Crippen LogP contribution in [0.5, 0.6) is 0 Å². The van der Waals surface area contributed by atoms with E-state index in [1.165, 1.54) is 0 Å². The fourth-order valence-electron chi connectivity index (χ4n) is 1.03. The van der Waals surface area contributed by atoms with Crippen LogP contribution in [0, 0.1) is 11.3 Å². The van der Waals surface area contributed by atoms with Crippen molar-refractivity contribution in [3.05, 3.63) is 11.3 Å². The van der Waals surface area contributed by atoms with E-state index in [4.69, 9.17) is 10.00 Å². The second kappa shape index (κ2) is 7.86. The van der Waals surface area contributed by atoms with Gasteiger partial charge in [0.25, 0.3) is 0 Å². The van der Waals surface area contributed by atoms with E-state index in [0.29, 0.717) is 5.70 Å². The number of nitriles is 1. The normalized spacial score (nSPS) is 11.3. The highest BCUT2D eigenvalue weighted by Crippen LogP contribution is 2.03. The third-order valence-electron chi connectivity index (χ3n) is 1.89. The number of carbonyl (C=O) groups excluding carboxylic acids is 1. The Bertz CT molecular complexity index is 277. The minimum absolute atomic E-state index is 0.0629. The standard InChI is InChI=1S/C11H18N2O2/c1-4-6-7-13-9(3)10(8-12)11(14)15-5-2/h13H,4-7H2,1-3H3. The molecule has 0 aromatic rings. The van der Waals surface area contributed by atoms with Gasteiger partial charge in [0.2, 0.25) is 0 Å². The molecule has 0 rings (SSSR count). The van der Waals surface area contributed by atoms with Crippen LogP contribution in [0.4, 0.5) is 0 Å². The Morgan fingerprint density at radius 3 is 2.60 bits per heavy atom. The van der Waals surface area contributed by atoms with Gasteiger partial charge in [-0.05, 0) is 20.3 Å². The monoisotopic (exact) mass is 210 g/mol. The molecule has 0 aromatic carbocycles. The molecule has 0 bridgehead atoms. The summed E-state index contributed by atoms with van der Waals surface area (Å²) in [6.07, 6.45) is 2.08. The van der Waals surface area contributed by atoms with Gasteiger partial charge in [-0.1, -0.05) is 13.3 Å². The molecule has 84 valence electrons. The van der Waals surface area contributed by atoms with Crippen molar-refractivity contribution in [2.75, 3.05) is 13.2 Å². The van der Waals surface area contributed by atoms with Crippen LogP contribution in [-0.2, 0) is 9.53 Å². The molecule has 0 saturated heterocycles. The molecule has 0 aromatic heterocycles. The Kier molecular flexibility index (Phi) is 7.08. The number of ether oxygens (including phenoxy) is 1. The first-order valence-electron chi connectivity index (χ1n) is 5.19. The van der Waals surface area contributed by atoms with Gasteiger partial charge >= 0.3 is 5.97 Å². The molecule has 0 amide bonds. The molecule has 0 heterocycles. The van der Waals surface area contributed by atoms with Gasteiger partial charge in [0, 0.05) is 12.2 Å². The van der Waals surface area contributed by atoms with Gasteiger partial charge in [0.1, 0.15) is 6.07 Å². The zero-order valence-corrected chi connectivity index (χ0v) is 9.59. The molecule has 0 unspecified atom stereocenters. The Labute approximate surface area is 90.9 Å². The zero-order chi connectivity index (χ0) is 11.7. The molecule has 0 aliphatic rings. The van der Waals surface area contributed by atoms with E-state index in [0.717, 1.165) is 19.4 Å². The summed E-state index contributed by atoms with van der Waals surface area (Å²) >= 11 is 0. The van der Waals surface area contributed by atoms with Crippen molar-refractivity contribution in [1.29, 1.82) is 5.26 Å². The number of hydrogen-bond donors (Lipinski definition) is 1. The molecule has 0 atom stereocenters. The van der Waals surface area contributed by atoms with Gasteiger partial charge in [0.05, 0.1) is 6.61 Å². The van der Waals surface area contributed by atoms with Crippen LogP contribution in [-0.4, -0.2) is 19.1 Å². The minimum atomic E-state index is -0.554. The van der Waals surface area contributed by atoms with Crippen molar-refractivity contribution in [1.82, 2.24) is 5.32 Å². The first kappa shape index (κ1) is 13.5. The van der Waals surface area contributed by atoms with E-state index in [1.54, 1.807) is 13.8 Å². The van der Waals surface area contributed by atoms with Gasteiger partial charge in [-0.3, -0.25) is 0 Å². The summed E-state index contributed by atoms with van der Waals surface area (Å²) < 4.78 is 4.76. The molecule has 1 N–H and O–H groups in total. The van der Waals surface area contributed by atoms with Crippen LogP contribution in [0.1, 0.15) is 33.6 Å². The highest BCUT2D eigenvalue weighted by Gasteiger charge is 2.13. The lowest BCUT2D eigenvalue weighted by Gasteiger charge is -2.07. The summed E-state index contributed by atoms with van der Waals surface area (Å²) in [4.78, 5) is 11.3. The van der Waals surface area contributed by atoms with Crippen LogP contribution in [0.15, 0.2) is 11.3 Å². The lowest BCUT2D eigenvalue weighted by Crippen LogP contribution is -2.18. The van der Waals surface area contributed by atoms with Gasteiger partial charge in [-0.25, -0.2) is 4.79 Å². The second-order valence-corrected chi connectivity index (χ2v) is 3.11. The molecule has 0 saturated carbocycles. The van der Waals surface area contributed by atoms with Crippen LogP contribution in [0.3, 0.4) is 0 Å². The number of rotatable bonds is 6. The topological polar surface area (TPSA) is 62.1 Å². The number of nitrogens with zero attached hydrogens (tertiary/aromatic N) is 1. The molecule has 0 aliphatic heterocycles. The van der Waals surface area contributed by atoms with E-state index in [2.05, 4.69) is 12.2 Å². The largest absolute Gasteiger partial charge is 0.462 e. The molecule has 4 heteroatoms. The van der Waals surface area contributed by atoms with Crippen LogP contribution in [0.2, 0.25) is 0 Å². The Morgan fingerprint density at radius 1 is 1.47 bits per heavy atom. The van der Waals surface area contributed by atoms with Crippen molar-refractivity contribution < 1.29 is 9.53 Å². The lowest BCUT2D eigenvalue weighted by molar-refractivity contribution is -0.138. The van der Waals surface area contributed by atoms with Crippen molar-refractivity contribution in [3.8, 4) is 6.07 Å². The van der Waals surface area contributed by atoms with E-state index < -0.39 is 5.97 Å². The fourth-order valence-corrected chi connectivity index (χ4v) is 1.03. The molecule has 4 nitrogen and oxygen atoms in total.